The topological polar surface area (TPSA) is 41.6 Å². The van der Waals surface area contributed by atoms with Crippen LogP contribution in [0.5, 0.6) is 0 Å². The van der Waals surface area contributed by atoms with E-state index in [0.717, 1.165) is 0 Å². The number of nitrogens with zero attached hydrogens (tertiary/aromatic N) is 3. The first-order chi connectivity index (χ1) is 18.0. The summed E-state index contributed by atoms with van der Waals surface area (Å²) in [6, 6.07) is 11.3. The number of benzene rings is 2. The predicted molar refractivity (Wildman–Crippen MR) is 124 cm³/mol. The quantitative estimate of drug-likeness (QED) is 0.249. The van der Waals surface area contributed by atoms with Crippen LogP contribution < -0.4 is 0 Å². The lowest BCUT2D eigenvalue weighted by atomic mass is 9.97. The van der Waals surface area contributed by atoms with E-state index >= 15 is 0 Å². The largest absolute Gasteiger partial charge is 0.461 e. The number of hydrogen-bond acceptors (Lipinski definition) is 4. The Labute approximate surface area is 212 Å². The fourth-order valence-corrected chi connectivity index (χ4v) is 4.46. The van der Waals surface area contributed by atoms with Crippen molar-refractivity contribution in [2.75, 3.05) is 6.54 Å². The second-order valence-electron chi connectivity index (χ2n) is 8.64. The van der Waals surface area contributed by atoms with Crippen molar-refractivity contribution in [1.82, 2.24) is 9.88 Å². The number of pyridine rings is 1. The van der Waals surface area contributed by atoms with Crippen LogP contribution in [0.1, 0.15) is 34.1 Å². The zero-order valence-corrected chi connectivity index (χ0v) is 19.4. The zero-order chi connectivity index (χ0) is 27.1. The first-order valence-corrected chi connectivity index (χ1v) is 11.3. The molecule has 1 atom stereocenters. The smallest absolute Gasteiger partial charge is 0.416 e. The van der Waals surface area contributed by atoms with Crippen molar-refractivity contribution in [3.63, 3.8) is 0 Å². The molecule has 3 heterocycles. The molecule has 38 heavy (non-hydrogen) atoms. The van der Waals surface area contributed by atoms with Gasteiger partial charge in [0.15, 0.2) is 11.6 Å². The third-order valence-corrected chi connectivity index (χ3v) is 6.21. The molecule has 0 saturated heterocycles. The first-order valence-electron chi connectivity index (χ1n) is 11.3. The van der Waals surface area contributed by atoms with Crippen LogP contribution in [0, 0.1) is 5.82 Å². The number of furan rings is 1. The highest BCUT2D eigenvalue weighted by atomic mass is 19.4. The summed E-state index contributed by atoms with van der Waals surface area (Å²) in [4.78, 5) is 10.1. The number of hydrogen-bond donors (Lipinski definition) is 0. The Balaban J connectivity index is 1.62. The van der Waals surface area contributed by atoms with E-state index in [0.29, 0.717) is 23.3 Å². The number of alkyl halides is 6. The second-order valence-corrected chi connectivity index (χ2v) is 8.64. The van der Waals surface area contributed by atoms with Gasteiger partial charge in [-0.1, -0.05) is 18.2 Å². The van der Waals surface area contributed by atoms with Crippen molar-refractivity contribution in [1.29, 1.82) is 0 Å². The highest BCUT2D eigenvalue weighted by molar-refractivity contribution is 5.97. The molecule has 5 rings (SSSR count). The maximum absolute atomic E-state index is 14.6. The average Bonchev–Trinajstić information content (AvgIpc) is 3.54. The van der Waals surface area contributed by atoms with Gasteiger partial charge in [-0.15, -0.1) is 0 Å². The van der Waals surface area contributed by atoms with Gasteiger partial charge in [-0.05, 0) is 59.2 Å². The van der Waals surface area contributed by atoms with Crippen LogP contribution in [0.4, 0.5) is 30.7 Å². The molecule has 0 radical (unpaired) electrons. The maximum Gasteiger partial charge on any atom is 0.416 e. The van der Waals surface area contributed by atoms with Gasteiger partial charge in [0.1, 0.15) is 5.82 Å². The minimum absolute atomic E-state index is 0.0424. The van der Waals surface area contributed by atoms with Crippen LogP contribution in [0.25, 0.3) is 11.1 Å². The standard InChI is InChI=1S/C27H18F7N3O/c28-22-5-2-1-4-21(22)20-7-8-35-13-17(20)15-37-23(14-36-25(37)24-6-3-9-38-24)16-10-18(26(29,30)31)12-19(11-16)27(32,33)34/h1-13,23H,14-15H2. The number of amidine groups is 1. The normalized spacial score (nSPS) is 16.1. The van der Waals surface area contributed by atoms with Crippen LogP contribution >= 0.6 is 0 Å². The van der Waals surface area contributed by atoms with Crippen molar-refractivity contribution in [2.45, 2.75) is 24.9 Å². The molecule has 1 unspecified atom stereocenters. The summed E-state index contributed by atoms with van der Waals surface area (Å²) in [5, 5.41) is 0. The van der Waals surface area contributed by atoms with Crippen molar-refractivity contribution < 1.29 is 35.2 Å². The lowest BCUT2D eigenvalue weighted by Crippen LogP contribution is -2.31. The van der Waals surface area contributed by atoms with Gasteiger partial charge in [-0.2, -0.15) is 26.3 Å². The monoisotopic (exact) mass is 533 g/mol. The lowest BCUT2D eigenvalue weighted by Gasteiger charge is -2.29. The van der Waals surface area contributed by atoms with Gasteiger partial charge >= 0.3 is 12.4 Å². The molecule has 1 aliphatic heterocycles. The Kier molecular flexibility index (Phi) is 6.46. The molecule has 1 aliphatic rings. The van der Waals surface area contributed by atoms with Gasteiger partial charge in [0.25, 0.3) is 0 Å². The van der Waals surface area contributed by atoms with Crippen molar-refractivity contribution >= 4 is 5.84 Å². The molecule has 0 aliphatic carbocycles. The Morgan fingerprint density at radius 3 is 2.21 bits per heavy atom. The number of rotatable bonds is 5. The van der Waals surface area contributed by atoms with E-state index in [9.17, 15) is 30.7 Å². The summed E-state index contributed by atoms with van der Waals surface area (Å²) in [5.41, 5.74) is -1.80. The summed E-state index contributed by atoms with van der Waals surface area (Å²) in [7, 11) is 0. The zero-order valence-electron chi connectivity index (χ0n) is 19.4. The van der Waals surface area contributed by atoms with E-state index in [4.69, 9.17) is 4.42 Å². The van der Waals surface area contributed by atoms with Crippen molar-refractivity contribution in [3.05, 3.63) is 113 Å². The molecule has 0 saturated carbocycles. The SMILES string of the molecule is Fc1ccccc1-c1ccncc1CN1C(c2ccco2)=NCC1c1cc(C(F)(F)F)cc(C(F)(F)F)c1. The minimum atomic E-state index is -4.99. The summed E-state index contributed by atoms with van der Waals surface area (Å²) >= 11 is 0. The fourth-order valence-electron chi connectivity index (χ4n) is 4.46. The van der Waals surface area contributed by atoms with Crippen LogP contribution in [-0.2, 0) is 18.9 Å². The molecule has 0 bridgehead atoms. The first kappa shape index (κ1) is 25.5. The summed E-state index contributed by atoms with van der Waals surface area (Å²) in [5.74, 6) is 0.0340. The molecular formula is C27H18F7N3O. The number of aromatic nitrogens is 1. The molecule has 196 valence electrons. The second kappa shape index (κ2) is 9.62. The third kappa shape index (κ3) is 5.00. The number of aliphatic imine (C=N–C) groups is 1. The van der Waals surface area contributed by atoms with E-state index in [-0.39, 0.29) is 41.9 Å². The van der Waals surface area contributed by atoms with Gasteiger partial charge in [0.2, 0.25) is 0 Å². The predicted octanol–water partition coefficient (Wildman–Crippen LogP) is 7.52. The van der Waals surface area contributed by atoms with Gasteiger partial charge in [-0.3, -0.25) is 9.98 Å². The van der Waals surface area contributed by atoms with Gasteiger partial charge in [0.05, 0.1) is 30.0 Å². The summed E-state index contributed by atoms with van der Waals surface area (Å²) in [6.07, 6.45) is -5.66. The average molecular weight is 533 g/mol. The lowest BCUT2D eigenvalue weighted by molar-refractivity contribution is -0.143. The molecule has 0 fully saturated rings. The number of halogens is 7. The molecule has 2 aromatic carbocycles. The highest BCUT2D eigenvalue weighted by Gasteiger charge is 2.39. The van der Waals surface area contributed by atoms with Gasteiger partial charge < -0.3 is 9.32 Å². The molecule has 0 spiro atoms. The minimum Gasteiger partial charge on any atom is -0.461 e. The van der Waals surface area contributed by atoms with E-state index < -0.39 is 35.3 Å². The van der Waals surface area contributed by atoms with Gasteiger partial charge in [-0.25, -0.2) is 4.39 Å². The Morgan fingerprint density at radius 2 is 1.58 bits per heavy atom. The Bertz CT molecular complexity index is 1440. The van der Waals surface area contributed by atoms with Gasteiger partial charge in [0, 0.05) is 24.5 Å². The fraction of sp³-hybridized carbons (Fsp3) is 0.185. The van der Waals surface area contributed by atoms with Crippen LogP contribution in [0.2, 0.25) is 0 Å². The molecule has 4 aromatic rings. The van der Waals surface area contributed by atoms with Crippen molar-refractivity contribution in [3.8, 4) is 11.1 Å². The van der Waals surface area contributed by atoms with Crippen LogP contribution in [-0.4, -0.2) is 22.3 Å². The van der Waals surface area contributed by atoms with Crippen LogP contribution in [0.3, 0.4) is 0 Å². The Hall–Kier alpha value is -4.15. The summed E-state index contributed by atoms with van der Waals surface area (Å²) < 4.78 is 102. The maximum atomic E-state index is 14.6. The van der Waals surface area contributed by atoms with E-state index in [1.807, 2.05) is 0 Å². The molecule has 2 aromatic heterocycles. The third-order valence-electron chi connectivity index (χ3n) is 6.21. The molecule has 4 nitrogen and oxygen atoms in total. The van der Waals surface area contributed by atoms with Crippen LogP contribution in [0.15, 0.2) is 88.7 Å². The van der Waals surface area contributed by atoms with E-state index in [1.54, 1.807) is 35.2 Å². The Morgan fingerprint density at radius 1 is 0.868 bits per heavy atom. The van der Waals surface area contributed by atoms with E-state index in [1.165, 1.54) is 30.8 Å². The van der Waals surface area contributed by atoms with Crippen molar-refractivity contribution in [2.24, 2.45) is 4.99 Å². The highest BCUT2D eigenvalue weighted by Crippen LogP contribution is 2.40. The van der Waals surface area contributed by atoms with E-state index in [2.05, 4.69) is 9.98 Å². The molecule has 0 N–H and O–H groups in total. The summed E-state index contributed by atoms with van der Waals surface area (Å²) in [6.45, 7) is -0.163. The molecule has 11 heteroatoms. The molecule has 0 amide bonds. The molecular weight excluding hydrogens is 515 g/mol.